The smallest absolute Gasteiger partial charge is 0.274 e. The van der Waals surface area contributed by atoms with E-state index in [1.807, 2.05) is 0 Å². The van der Waals surface area contributed by atoms with Gasteiger partial charge in [0.2, 0.25) is 0 Å². The second-order valence-corrected chi connectivity index (χ2v) is 3.96. The number of anilines is 1. The van der Waals surface area contributed by atoms with Crippen LogP contribution in [0.1, 0.15) is 12.5 Å². The van der Waals surface area contributed by atoms with E-state index < -0.39 is 11.7 Å². The van der Waals surface area contributed by atoms with Gasteiger partial charge >= 0.3 is 6.18 Å². The summed E-state index contributed by atoms with van der Waals surface area (Å²) in [5, 5.41) is 9.31. The van der Waals surface area contributed by atoms with Gasteiger partial charge in [0.05, 0.1) is 17.8 Å². The molecule has 0 saturated carbocycles. The van der Waals surface area contributed by atoms with Crippen molar-refractivity contribution in [3.05, 3.63) is 40.9 Å². The van der Waals surface area contributed by atoms with Crippen LogP contribution in [-0.4, -0.2) is 6.54 Å². The fourth-order valence-electron chi connectivity index (χ4n) is 1.28. The lowest BCUT2D eigenvalue weighted by atomic mass is 10.2. The number of nitrogens with zero attached hydrogens (tertiary/aromatic N) is 2. The Bertz CT molecular complexity index is 489. The van der Waals surface area contributed by atoms with E-state index in [-0.39, 0.29) is 12.2 Å². The minimum atomic E-state index is -4.43. The SMILES string of the molecule is CC=C(Cl)CN(C#N)c1cccc(C(F)(F)F)c1. The Morgan fingerprint density at radius 2 is 2.17 bits per heavy atom. The first-order chi connectivity index (χ1) is 8.38. The predicted octanol–water partition coefficient (Wildman–Crippen LogP) is 4.14. The quantitative estimate of drug-likeness (QED) is 0.612. The van der Waals surface area contributed by atoms with Crippen molar-refractivity contribution in [3.63, 3.8) is 0 Å². The van der Waals surface area contributed by atoms with Crippen LogP contribution in [0.15, 0.2) is 35.4 Å². The van der Waals surface area contributed by atoms with Crippen molar-refractivity contribution in [1.29, 1.82) is 5.26 Å². The maximum Gasteiger partial charge on any atom is 0.416 e. The van der Waals surface area contributed by atoms with Gasteiger partial charge in [-0.05, 0) is 25.1 Å². The molecule has 2 nitrogen and oxygen atoms in total. The van der Waals surface area contributed by atoms with Gasteiger partial charge in [-0.25, -0.2) is 0 Å². The third-order valence-electron chi connectivity index (χ3n) is 2.23. The summed E-state index contributed by atoms with van der Waals surface area (Å²) in [6.45, 7) is 1.74. The minimum Gasteiger partial charge on any atom is -0.274 e. The van der Waals surface area contributed by atoms with Crippen LogP contribution < -0.4 is 4.90 Å². The summed E-state index contributed by atoms with van der Waals surface area (Å²) in [5.41, 5.74) is -0.635. The lowest BCUT2D eigenvalue weighted by molar-refractivity contribution is -0.137. The lowest BCUT2D eigenvalue weighted by Crippen LogP contribution is -2.18. The van der Waals surface area contributed by atoms with Gasteiger partial charge in [-0.2, -0.15) is 18.4 Å². The van der Waals surface area contributed by atoms with Gasteiger partial charge in [-0.15, -0.1) is 0 Å². The lowest BCUT2D eigenvalue weighted by Gasteiger charge is -2.16. The molecule has 6 heteroatoms. The second kappa shape index (κ2) is 5.78. The van der Waals surface area contributed by atoms with Crippen molar-refractivity contribution < 1.29 is 13.2 Å². The number of nitriles is 1. The van der Waals surface area contributed by atoms with E-state index in [0.717, 1.165) is 17.0 Å². The van der Waals surface area contributed by atoms with Gasteiger partial charge in [0.25, 0.3) is 0 Å². The highest BCUT2D eigenvalue weighted by Crippen LogP contribution is 2.31. The van der Waals surface area contributed by atoms with E-state index in [4.69, 9.17) is 16.9 Å². The van der Waals surface area contributed by atoms with Crippen molar-refractivity contribution in [2.45, 2.75) is 13.1 Å². The summed E-state index contributed by atoms with van der Waals surface area (Å²) < 4.78 is 37.6. The Labute approximate surface area is 108 Å². The second-order valence-electron chi connectivity index (χ2n) is 3.47. The number of halogens is 4. The third-order valence-corrected chi connectivity index (χ3v) is 2.57. The molecule has 1 aromatic rings. The minimum absolute atomic E-state index is 0.0515. The van der Waals surface area contributed by atoms with Crippen LogP contribution in [-0.2, 0) is 6.18 Å². The summed E-state index contributed by atoms with van der Waals surface area (Å²) in [4.78, 5) is 1.09. The normalized spacial score (nSPS) is 12.1. The molecular weight excluding hydrogens is 265 g/mol. The van der Waals surface area contributed by atoms with E-state index in [0.29, 0.717) is 5.03 Å². The molecular formula is C12H10ClF3N2. The number of rotatable bonds is 3. The molecule has 0 bridgehead atoms. The van der Waals surface area contributed by atoms with E-state index in [9.17, 15) is 13.2 Å². The Morgan fingerprint density at radius 3 is 2.67 bits per heavy atom. The van der Waals surface area contributed by atoms with Crippen molar-refractivity contribution in [3.8, 4) is 6.19 Å². The zero-order valence-electron chi connectivity index (χ0n) is 9.50. The molecule has 0 N–H and O–H groups in total. The number of alkyl halides is 3. The third kappa shape index (κ3) is 3.67. The van der Waals surface area contributed by atoms with Crippen LogP contribution in [0.3, 0.4) is 0 Å². The first-order valence-corrected chi connectivity index (χ1v) is 5.41. The zero-order valence-corrected chi connectivity index (χ0v) is 10.3. The molecule has 0 aliphatic heterocycles. The number of hydrogen-bond donors (Lipinski definition) is 0. The van der Waals surface area contributed by atoms with Crippen molar-refractivity contribution in [2.75, 3.05) is 11.4 Å². The molecule has 0 aliphatic rings. The molecule has 0 aromatic heterocycles. The fraction of sp³-hybridized carbons (Fsp3) is 0.250. The molecule has 0 radical (unpaired) electrons. The van der Waals surface area contributed by atoms with Crippen molar-refractivity contribution >= 4 is 17.3 Å². The molecule has 0 aliphatic carbocycles. The Balaban J connectivity index is 3.05. The Kier molecular flexibility index (Phi) is 4.62. The van der Waals surface area contributed by atoms with E-state index >= 15 is 0 Å². The standard InChI is InChI=1S/C12H10ClF3N2/c1-2-10(13)7-18(8-17)11-5-3-4-9(6-11)12(14,15)16/h2-6H,7H2,1H3. The van der Waals surface area contributed by atoms with E-state index in [1.165, 1.54) is 12.1 Å². The number of hydrogen-bond acceptors (Lipinski definition) is 2. The molecule has 96 valence electrons. The van der Waals surface area contributed by atoms with Crippen LogP contribution in [0.5, 0.6) is 0 Å². The summed E-state index contributed by atoms with van der Waals surface area (Å²) in [6, 6.07) is 4.56. The van der Waals surface area contributed by atoms with Crippen molar-refractivity contribution in [2.24, 2.45) is 0 Å². The molecule has 18 heavy (non-hydrogen) atoms. The Hall–Kier alpha value is -1.67. The highest BCUT2D eigenvalue weighted by atomic mass is 35.5. The Morgan fingerprint density at radius 1 is 1.50 bits per heavy atom. The monoisotopic (exact) mass is 274 g/mol. The van der Waals surface area contributed by atoms with Gasteiger partial charge in [0.15, 0.2) is 6.19 Å². The molecule has 0 unspecified atom stereocenters. The molecule has 0 atom stereocenters. The van der Waals surface area contributed by atoms with Crippen LogP contribution >= 0.6 is 11.6 Å². The van der Waals surface area contributed by atoms with Gasteiger partial charge in [0, 0.05) is 5.03 Å². The van der Waals surface area contributed by atoms with Crippen molar-refractivity contribution in [1.82, 2.24) is 0 Å². The van der Waals surface area contributed by atoms with Gasteiger partial charge in [-0.1, -0.05) is 23.7 Å². The highest BCUT2D eigenvalue weighted by Gasteiger charge is 2.30. The average molecular weight is 275 g/mol. The molecule has 0 amide bonds. The maximum atomic E-state index is 12.5. The van der Waals surface area contributed by atoms with Crippen LogP contribution in [0.4, 0.5) is 18.9 Å². The summed E-state index contributed by atoms with van der Waals surface area (Å²) in [7, 11) is 0. The molecule has 0 spiro atoms. The number of allylic oxidation sites excluding steroid dienone is 1. The van der Waals surface area contributed by atoms with E-state index in [2.05, 4.69) is 0 Å². The van der Waals surface area contributed by atoms with Gasteiger partial charge in [-0.3, -0.25) is 4.90 Å². The average Bonchev–Trinajstić information content (AvgIpc) is 2.34. The number of benzene rings is 1. The largest absolute Gasteiger partial charge is 0.416 e. The molecule has 1 aromatic carbocycles. The molecule has 0 heterocycles. The maximum absolute atomic E-state index is 12.5. The van der Waals surface area contributed by atoms with Gasteiger partial charge < -0.3 is 0 Å². The van der Waals surface area contributed by atoms with Crippen LogP contribution in [0.25, 0.3) is 0 Å². The molecule has 0 saturated heterocycles. The first kappa shape index (κ1) is 14.4. The van der Waals surface area contributed by atoms with Gasteiger partial charge in [0.1, 0.15) is 0 Å². The first-order valence-electron chi connectivity index (χ1n) is 5.03. The summed E-state index contributed by atoms with van der Waals surface area (Å²) in [5.74, 6) is 0. The summed E-state index contributed by atoms with van der Waals surface area (Å²) >= 11 is 5.76. The fourth-order valence-corrected chi connectivity index (χ4v) is 1.40. The van der Waals surface area contributed by atoms with E-state index in [1.54, 1.807) is 19.2 Å². The highest BCUT2D eigenvalue weighted by molar-refractivity contribution is 6.30. The molecule has 0 fully saturated rings. The topological polar surface area (TPSA) is 27.0 Å². The zero-order chi connectivity index (χ0) is 13.8. The van der Waals surface area contributed by atoms with Crippen LogP contribution in [0.2, 0.25) is 0 Å². The predicted molar refractivity (Wildman–Crippen MR) is 64.0 cm³/mol. The summed E-state index contributed by atoms with van der Waals surface area (Å²) in [6.07, 6.45) is -1.04. The molecule has 1 rings (SSSR count). The van der Waals surface area contributed by atoms with Crippen LogP contribution in [0, 0.1) is 11.5 Å².